The zero-order valence-corrected chi connectivity index (χ0v) is 11.7. The van der Waals surface area contributed by atoms with E-state index in [1.54, 1.807) is 36.7 Å². The highest BCUT2D eigenvalue weighted by molar-refractivity contribution is 9.10. The lowest BCUT2D eigenvalue weighted by Gasteiger charge is -2.10. The Labute approximate surface area is 118 Å². The molecule has 5 nitrogen and oxygen atoms in total. The molecule has 98 valence electrons. The highest BCUT2D eigenvalue weighted by Crippen LogP contribution is 2.30. The Bertz CT molecular complexity index is 617. The van der Waals surface area contributed by atoms with Gasteiger partial charge in [-0.3, -0.25) is 4.98 Å². The summed E-state index contributed by atoms with van der Waals surface area (Å²) in [6.07, 6.45) is 3.19. The summed E-state index contributed by atoms with van der Waals surface area (Å²) in [5, 5.41) is 0. The molecule has 0 aliphatic heterocycles. The quantitative estimate of drug-likeness (QED) is 0.694. The number of carbonyl (C=O) groups excluding carboxylic acids is 1. The van der Waals surface area contributed by atoms with Crippen LogP contribution < -0.4 is 10.5 Å². The maximum Gasteiger partial charge on any atom is 0.340 e. The number of nitrogens with two attached hydrogens (primary N) is 1. The van der Waals surface area contributed by atoms with E-state index in [4.69, 9.17) is 10.5 Å². The number of halogens is 1. The lowest BCUT2D eigenvalue weighted by Crippen LogP contribution is -2.06. The summed E-state index contributed by atoms with van der Waals surface area (Å²) >= 11 is 3.30. The molecular weight excluding hydrogens is 312 g/mol. The molecule has 0 saturated carbocycles. The predicted octanol–water partition coefficient (Wildman–Crippen LogP) is 3.01. The third-order valence-electron chi connectivity index (χ3n) is 2.38. The van der Waals surface area contributed by atoms with Crippen LogP contribution in [0.25, 0.3) is 0 Å². The second-order valence-corrected chi connectivity index (χ2v) is 4.57. The van der Waals surface area contributed by atoms with Crippen molar-refractivity contribution in [2.45, 2.75) is 0 Å². The average Bonchev–Trinajstić information content (AvgIpc) is 2.40. The van der Waals surface area contributed by atoms with Crippen LogP contribution in [0, 0.1) is 0 Å². The second-order valence-electron chi connectivity index (χ2n) is 3.65. The van der Waals surface area contributed by atoms with Gasteiger partial charge in [0.2, 0.25) is 0 Å². The molecule has 0 radical (unpaired) electrons. The molecule has 19 heavy (non-hydrogen) atoms. The number of benzene rings is 1. The van der Waals surface area contributed by atoms with Crippen LogP contribution in [0.2, 0.25) is 0 Å². The van der Waals surface area contributed by atoms with E-state index >= 15 is 0 Å². The number of para-hydroxylation sites is 1. The van der Waals surface area contributed by atoms with Crippen molar-refractivity contribution < 1.29 is 14.3 Å². The molecule has 6 heteroatoms. The van der Waals surface area contributed by atoms with Gasteiger partial charge < -0.3 is 15.2 Å². The number of methoxy groups -OCH3 is 1. The highest BCUT2D eigenvalue weighted by atomic mass is 79.9. The first-order valence-corrected chi connectivity index (χ1v) is 6.16. The minimum Gasteiger partial charge on any atom is -0.465 e. The van der Waals surface area contributed by atoms with E-state index in [2.05, 4.69) is 25.7 Å². The largest absolute Gasteiger partial charge is 0.465 e. The summed E-state index contributed by atoms with van der Waals surface area (Å²) in [6.45, 7) is 0. The normalized spacial score (nSPS) is 10.0. The van der Waals surface area contributed by atoms with Gasteiger partial charge in [0.05, 0.1) is 24.6 Å². The molecule has 0 atom stereocenters. The van der Waals surface area contributed by atoms with E-state index in [-0.39, 0.29) is 11.3 Å². The van der Waals surface area contributed by atoms with Gasteiger partial charge in [0, 0.05) is 10.7 Å². The number of esters is 1. The molecule has 1 heterocycles. The first kappa shape index (κ1) is 13.4. The number of hydrogen-bond acceptors (Lipinski definition) is 5. The van der Waals surface area contributed by atoms with Gasteiger partial charge in [0.25, 0.3) is 0 Å². The Morgan fingerprint density at radius 2 is 2.16 bits per heavy atom. The van der Waals surface area contributed by atoms with Gasteiger partial charge in [0.1, 0.15) is 5.75 Å². The molecule has 0 aliphatic carbocycles. The van der Waals surface area contributed by atoms with Crippen molar-refractivity contribution in [2.75, 3.05) is 12.8 Å². The third kappa shape index (κ3) is 3.03. The van der Waals surface area contributed by atoms with Gasteiger partial charge in [-0.1, -0.05) is 6.07 Å². The van der Waals surface area contributed by atoms with E-state index in [0.29, 0.717) is 11.5 Å². The van der Waals surface area contributed by atoms with Crippen molar-refractivity contribution in [3.8, 4) is 11.5 Å². The van der Waals surface area contributed by atoms with Gasteiger partial charge in [-0.25, -0.2) is 4.79 Å². The fourth-order valence-corrected chi connectivity index (χ4v) is 1.84. The molecule has 0 amide bonds. The van der Waals surface area contributed by atoms with Crippen molar-refractivity contribution in [3.63, 3.8) is 0 Å². The number of hydrogen-bond donors (Lipinski definition) is 1. The van der Waals surface area contributed by atoms with Crippen LogP contribution in [0.1, 0.15) is 10.4 Å². The summed E-state index contributed by atoms with van der Waals surface area (Å²) in [5.41, 5.74) is 6.39. The lowest BCUT2D eigenvalue weighted by molar-refractivity contribution is 0.0601. The smallest absolute Gasteiger partial charge is 0.340 e. The number of nitrogens with zero attached hydrogens (tertiary/aromatic N) is 1. The van der Waals surface area contributed by atoms with E-state index < -0.39 is 5.97 Å². The van der Waals surface area contributed by atoms with E-state index in [1.807, 2.05) is 0 Å². The fraction of sp³-hybridized carbons (Fsp3) is 0.0769. The molecule has 0 unspecified atom stereocenters. The first-order chi connectivity index (χ1) is 9.11. The Morgan fingerprint density at radius 1 is 1.37 bits per heavy atom. The molecule has 2 rings (SSSR count). The van der Waals surface area contributed by atoms with Crippen molar-refractivity contribution >= 4 is 27.6 Å². The fourth-order valence-electron chi connectivity index (χ4n) is 1.50. The Morgan fingerprint density at radius 3 is 2.84 bits per heavy atom. The van der Waals surface area contributed by atoms with E-state index in [0.717, 1.165) is 4.47 Å². The van der Waals surface area contributed by atoms with Crippen LogP contribution in [0.3, 0.4) is 0 Å². The number of carbonyl (C=O) groups is 1. The minimum atomic E-state index is -0.504. The highest BCUT2D eigenvalue weighted by Gasteiger charge is 2.14. The van der Waals surface area contributed by atoms with Crippen molar-refractivity contribution in [2.24, 2.45) is 0 Å². The van der Waals surface area contributed by atoms with E-state index in [1.165, 1.54) is 7.11 Å². The number of rotatable bonds is 3. The Balaban J connectivity index is 2.33. The van der Waals surface area contributed by atoms with Crippen molar-refractivity contribution in [1.29, 1.82) is 0 Å². The SMILES string of the molecule is COC(=O)c1cccc(Oc2cncc(Br)c2)c1N. The maximum absolute atomic E-state index is 11.5. The molecule has 2 aromatic rings. The second kappa shape index (κ2) is 5.71. The van der Waals surface area contributed by atoms with Crippen LogP contribution in [0.4, 0.5) is 5.69 Å². The van der Waals surface area contributed by atoms with Crippen molar-refractivity contribution in [1.82, 2.24) is 4.98 Å². The van der Waals surface area contributed by atoms with Gasteiger partial charge >= 0.3 is 5.97 Å². The van der Waals surface area contributed by atoms with Crippen LogP contribution in [0.5, 0.6) is 11.5 Å². The number of ether oxygens (including phenoxy) is 2. The summed E-state index contributed by atoms with van der Waals surface area (Å²) in [7, 11) is 1.30. The lowest BCUT2D eigenvalue weighted by atomic mass is 10.1. The standard InChI is InChI=1S/C13H11BrN2O3/c1-18-13(17)10-3-2-4-11(12(10)15)19-9-5-8(14)6-16-7-9/h2-7H,15H2,1H3. The number of aromatic nitrogens is 1. The zero-order valence-electron chi connectivity index (χ0n) is 10.1. The van der Waals surface area contributed by atoms with Crippen LogP contribution in [-0.4, -0.2) is 18.1 Å². The van der Waals surface area contributed by atoms with Gasteiger partial charge in [-0.15, -0.1) is 0 Å². The van der Waals surface area contributed by atoms with Gasteiger partial charge in [-0.2, -0.15) is 0 Å². The third-order valence-corrected chi connectivity index (χ3v) is 2.81. The first-order valence-electron chi connectivity index (χ1n) is 5.37. The molecule has 2 N–H and O–H groups in total. The van der Waals surface area contributed by atoms with E-state index in [9.17, 15) is 4.79 Å². The zero-order chi connectivity index (χ0) is 13.8. The van der Waals surface area contributed by atoms with Gasteiger partial charge in [0.15, 0.2) is 5.75 Å². The maximum atomic E-state index is 11.5. The monoisotopic (exact) mass is 322 g/mol. The van der Waals surface area contributed by atoms with Crippen LogP contribution in [-0.2, 0) is 4.74 Å². The summed E-state index contributed by atoms with van der Waals surface area (Å²) in [6, 6.07) is 6.66. The molecular formula is C13H11BrN2O3. The summed E-state index contributed by atoms with van der Waals surface area (Å²) in [4.78, 5) is 15.5. The topological polar surface area (TPSA) is 74.4 Å². The number of nitrogen functional groups attached to an aromatic ring is 1. The number of anilines is 1. The summed E-state index contributed by atoms with van der Waals surface area (Å²) < 4.78 is 11.0. The molecule has 0 saturated heterocycles. The Hall–Kier alpha value is -2.08. The number of pyridine rings is 1. The molecule has 1 aromatic carbocycles. The van der Waals surface area contributed by atoms with Crippen LogP contribution in [0.15, 0.2) is 41.1 Å². The predicted molar refractivity (Wildman–Crippen MR) is 74.2 cm³/mol. The molecule has 1 aromatic heterocycles. The van der Waals surface area contributed by atoms with Crippen molar-refractivity contribution in [3.05, 3.63) is 46.7 Å². The summed E-state index contributed by atoms with van der Waals surface area (Å²) in [5.74, 6) is 0.390. The van der Waals surface area contributed by atoms with Gasteiger partial charge in [-0.05, 0) is 34.1 Å². The molecule has 0 aliphatic rings. The molecule has 0 bridgehead atoms. The molecule has 0 spiro atoms. The Kier molecular flexibility index (Phi) is 4.01. The average molecular weight is 323 g/mol. The molecule has 0 fully saturated rings. The van der Waals surface area contributed by atoms with Crippen LogP contribution >= 0.6 is 15.9 Å². The minimum absolute atomic E-state index is 0.231.